The van der Waals surface area contributed by atoms with Crippen molar-refractivity contribution in [1.82, 2.24) is 25.1 Å². The van der Waals surface area contributed by atoms with Gasteiger partial charge in [-0.25, -0.2) is 4.68 Å². The maximum atomic E-state index is 13.4. The van der Waals surface area contributed by atoms with E-state index in [9.17, 15) is 9.59 Å². The van der Waals surface area contributed by atoms with E-state index in [-0.39, 0.29) is 17.6 Å². The zero-order valence-corrected chi connectivity index (χ0v) is 19.1. The molecule has 0 bridgehead atoms. The summed E-state index contributed by atoms with van der Waals surface area (Å²) in [6, 6.07) is 9.97. The Hall–Kier alpha value is -2.72. The maximum Gasteiger partial charge on any atom is 0.257 e. The maximum absolute atomic E-state index is 13.4. The van der Waals surface area contributed by atoms with Crippen LogP contribution in [-0.2, 0) is 11.8 Å². The highest BCUT2D eigenvalue weighted by atomic mass is 32.2. The average Bonchev–Trinajstić information content (AvgIpc) is 3.35. The normalized spacial score (nSPS) is 13.9. The molecule has 1 saturated heterocycles. The summed E-state index contributed by atoms with van der Waals surface area (Å²) >= 11 is 2.71. The minimum atomic E-state index is -0.193. The summed E-state index contributed by atoms with van der Waals surface area (Å²) in [5, 5.41) is 15.4. The molecule has 0 radical (unpaired) electrons. The predicted molar refractivity (Wildman–Crippen MR) is 122 cm³/mol. The van der Waals surface area contributed by atoms with Gasteiger partial charge in [0.25, 0.3) is 5.91 Å². The molecule has 2 amide bonds. The third-order valence-corrected chi connectivity index (χ3v) is 7.47. The Balaban J connectivity index is 1.60. The second-order valence-corrected chi connectivity index (χ2v) is 9.36. The van der Waals surface area contributed by atoms with Gasteiger partial charge in [-0.05, 0) is 47.7 Å². The van der Waals surface area contributed by atoms with Gasteiger partial charge in [0.2, 0.25) is 11.1 Å². The number of carbonyl (C=O) groups is 2. The van der Waals surface area contributed by atoms with Crippen LogP contribution in [0.2, 0.25) is 0 Å². The van der Waals surface area contributed by atoms with Crippen LogP contribution in [0.25, 0.3) is 10.4 Å². The number of rotatable bonds is 6. The molecule has 8 nitrogen and oxygen atoms in total. The van der Waals surface area contributed by atoms with Gasteiger partial charge in [-0.15, -0.1) is 16.4 Å². The van der Waals surface area contributed by atoms with E-state index >= 15 is 0 Å². The number of likely N-dealkylation sites (tertiary alicyclic amines) is 1. The van der Waals surface area contributed by atoms with Crippen LogP contribution in [0.4, 0.5) is 5.00 Å². The molecule has 1 aliphatic heterocycles. The molecule has 0 unspecified atom stereocenters. The molecule has 3 heterocycles. The molecule has 3 aromatic rings. The number of piperidine rings is 1. The summed E-state index contributed by atoms with van der Waals surface area (Å²) in [7, 11) is 1.73. The number of thioether (sulfide) groups is 1. The van der Waals surface area contributed by atoms with Crippen LogP contribution in [0.5, 0.6) is 0 Å². The SMILES string of the molecule is Cc1c(-c2ccccc2)sc(NC(=O)CSc2nnnn2C)c1C(=O)N1CCCCC1. The van der Waals surface area contributed by atoms with Crippen molar-refractivity contribution < 1.29 is 9.59 Å². The second kappa shape index (κ2) is 9.61. The van der Waals surface area contributed by atoms with E-state index < -0.39 is 0 Å². The van der Waals surface area contributed by atoms with E-state index in [1.54, 1.807) is 7.05 Å². The van der Waals surface area contributed by atoms with Crippen molar-refractivity contribution in [3.05, 3.63) is 41.5 Å². The number of anilines is 1. The molecule has 0 aliphatic carbocycles. The Labute approximate surface area is 189 Å². The third kappa shape index (κ3) is 4.80. The molecule has 31 heavy (non-hydrogen) atoms. The summed E-state index contributed by atoms with van der Waals surface area (Å²) in [4.78, 5) is 29.0. The number of nitrogens with one attached hydrogen (secondary N) is 1. The fraction of sp³-hybridized carbons (Fsp3) is 0.381. The zero-order valence-electron chi connectivity index (χ0n) is 17.5. The second-order valence-electron chi connectivity index (χ2n) is 7.40. The fourth-order valence-corrected chi connectivity index (χ4v) is 5.49. The van der Waals surface area contributed by atoms with Gasteiger partial charge in [0, 0.05) is 25.0 Å². The summed E-state index contributed by atoms with van der Waals surface area (Å²) in [6.07, 6.45) is 3.19. The lowest BCUT2D eigenvalue weighted by molar-refractivity contribution is -0.113. The molecule has 2 aromatic heterocycles. The third-order valence-electron chi connectivity index (χ3n) is 5.21. The molecule has 0 atom stereocenters. The van der Waals surface area contributed by atoms with E-state index in [4.69, 9.17) is 0 Å². The van der Waals surface area contributed by atoms with Crippen LogP contribution in [-0.4, -0.2) is 55.8 Å². The number of amides is 2. The van der Waals surface area contributed by atoms with Gasteiger partial charge in [0.05, 0.1) is 11.3 Å². The number of benzene rings is 1. The number of carbonyl (C=O) groups excluding carboxylic acids is 2. The average molecular weight is 457 g/mol. The quantitative estimate of drug-likeness (QED) is 0.570. The molecule has 1 fully saturated rings. The number of hydrogen-bond donors (Lipinski definition) is 1. The molecule has 1 aromatic carbocycles. The van der Waals surface area contributed by atoms with Gasteiger partial charge >= 0.3 is 0 Å². The first-order chi connectivity index (χ1) is 15.0. The first-order valence-electron chi connectivity index (χ1n) is 10.2. The van der Waals surface area contributed by atoms with E-state index in [2.05, 4.69) is 20.8 Å². The smallest absolute Gasteiger partial charge is 0.257 e. The van der Waals surface area contributed by atoms with Crippen molar-refractivity contribution in [2.45, 2.75) is 31.3 Å². The number of thiophene rings is 1. The van der Waals surface area contributed by atoms with Crippen molar-refractivity contribution >= 4 is 39.9 Å². The van der Waals surface area contributed by atoms with Crippen LogP contribution >= 0.6 is 23.1 Å². The minimum Gasteiger partial charge on any atom is -0.339 e. The lowest BCUT2D eigenvalue weighted by Crippen LogP contribution is -2.36. The topological polar surface area (TPSA) is 93.0 Å². The first-order valence-corrected chi connectivity index (χ1v) is 12.0. The van der Waals surface area contributed by atoms with E-state index in [1.807, 2.05) is 42.2 Å². The Bertz CT molecular complexity index is 1070. The number of tetrazole rings is 1. The van der Waals surface area contributed by atoms with Crippen LogP contribution in [0.3, 0.4) is 0 Å². The van der Waals surface area contributed by atoms with Gasteiger partial charge in [-0.1, -0.05) is 42.1 Å². The van der Waals surface area contributed by atoms with Crippen molar-refractivity contribution in [2.24, 2.45) is 7.05 Å². The van der Waals surface area contributed by atoms with Crippen LogP contribution in [0, 0.1) is 6.92 Å². The number of hydrogen-bond acceptors (Lipinski definition) is 7. The molecule has 0 spiro atoms. The van der Waals surface area contributed by atoms with E-state index in [0.29, 0.717) is 15.7 Å². The van der Waals surface area contributed by atoms with Gasteiger partial charge in [0.1, 0.15) is 5.00 Å². The Kier molecular flexibility index (Phi) is 6.67. The Morgan fingerprint density at radius 2 is 1.90 bits per heavy atom. The number of nitrogens with zero attached hydrogens (tertiary/aromatic N) is 5. The van der Waals surface area contributed by atoms with Gasteiger partial charge in [-0.2, -0.15) is 0 Å². The first kappa shape index (κ1) is 21.5. The molecule has 10 heteroatoms. The lowest BCUT2D eigenvalue weighted by atomic mass is 10.0. The van der Waals surface area contributed by atoms with E-state index in [0.717, 1.165) is 48.4 Å². The molecular formula is C21H24N6O2S2. The van der Waals surface area contributed by atoms with Crippen molar-refractivity contribution in [3.8, 4) is 10.4 Å². The van der Waals surface area contributed by atoms with E-state index in [1.165, 1.54) is 27.8 Å². The summed E-state index contributed by atoms with van der Waals surface area (Å²) in [5.74, 6) is -0.0407. The highest BCUT2D eigenvalue weighted by Crippen LogP contribution is 2.40. The molecular weight excluding hydrogens is 432 g/mol. The molecule has 1 aliphatic rings. The van der Waals surface area contributed by atoms with Gasteiger partial charge in [0.15, 0.2) is 0 Å². The van der Waals surface area contributed by atoms with Gasteiger partial charge < -0.3 is 10.2 Å². The largest absolute Gasteiger partial charge is 0.339 e. The summed E-state index contributed by atoms with van der Waals surface area (Å²) in [5.41, 5.74) is 2.55. The van der Waals surface area contributed by atoms with Crippen LogP contribution in [0.1, 0.15) is 35.2 Å². The van der Waals surface area contributed by atoms with Crippen LogP contribution in [0.15, 0.2) is 35.5 Å². The van der Waals surface area contributed by atoms with Crippen molar-refractivity contribution in [3.63, 3.8) is 0 Å². The molecule has 1 N–H and O–H groups in total. The Morgan fingerprint density at radius 3 is 2.58 bits per heavy atom. The number of aromatic nitrogens is 4. The fourth-order valence-electron chi connectivity index (χ4n) is 3.62. The zero-order chi connectivity index (χ0) is 21.8. The molecule has 162 valence electrons. The van der Waals surface area contributed by atoms with Crippen molar-refractivity contribution in [2.75, 3.05) is 24.2 Å². The highest BCUT2D eigenvalue weighted by Gasteiger charge is 2.27. The standard InChI is InChI=1S/C21H24N6O2S2/c1-14-17(20(29)27-11-7-4-8-12-27)19(31-18(14)15-9-5-3-6-10-15)22-16(28)13-30-21-23-24-25-26(21)2/h3,5-6,9-10H,4,7-8,11-13H2,1-2H3,(H,22,28). The summed E-state index contributed by atoms with van der Waals surface area (Å²) < 4.78 is 1.52. The number of aryl methyl sites for hydroxylation is 1. The highest BCUT2D eigenvalue weighted by molar-refractivity contribution is 7.99. The lowest BCUT2D eigenvalue weighted by Gasteiger charge is -2.27. The van der Waals surface area contributed by atoms with Crippen LogP contribution < -0.4 is 5.32 Å². The Morgan fingerprint density at radius 1 is 1.16 bits per heavy atom. The summed E-state index contributed by atoms with van der Waals surface area (Å²) in [6.45, 7) is 3.49. The molecule has 4 rings (SSSR count). The van der Waals surface area contributed by atoms with Crippen molar-refractivity contribution in [1.29, 1.82) is 0 Å². The monoisotopic (exact) mass is 456 g/mol. The van der Waals surface area contributed by atoms with Gasteiger partial charge in [-0.3, -0.25) is 9.59 Å². The predicted octanol–water partition coefficient (Wildman–Crippen LogP) is 3.60. The minimum absolute atomic E-state index is 0.00362. The molecule has 0 saturated carbocycles.